The maximum absolute atomic E-state index is 9.33. The van der Waals surface area contributed by atoms with Gasteiger partial charge in [0.15, 0.2) is 0 Å². The van der Waals surface area contributed by atoms with Crippen LogP contribution in [0.3, 0.4) is 0 Å². The number of imidazole rings is 1. The van der Waals surface area contributed by atoms with E-state index < -0.39 is 5.97 Å². The van der Waals surface area contributed by atoms with Gasteiger partial charge in [0.25, 0.3) is 5.97 Å². The number of aromatic nitrogens is 2. The number of hydrogen-bond acceptors (Lipinski definition) is 3. The van der Waals surface area contributed by atoms with Gasteiger partial charge >= 0.3 is 21.1 Å². The molecule has 0 atom stereocenters. The summed E-state index contributed by atoms with van der Waals surface area (Å²) in [6.45, 7) is 9.17. The quantitative estimate of drug-likeness (QED) is 0.612. The third-order valence-corrected chi connectivity index (χ3v) is 0.637. The molecule has 0 bridgehead atoms. The van der Waals surface area contributed by atoms with Gasteiger partial charge in [-0.3, -0.25) is 4.79 Å². The Bertz CT molecular complexity index is 278. The van der Waals surface area contributed by atoms with Gasteiger partial charge in [-0.15, -0.1) is 6.04 Å². The van der Waals surface area contributed by atoms with Gasteiger partial charge in [0.1, 0.15) is 0 Å². The Morgan fingerprint density at radius 3 is 1.68 bits per heavy atom. The van der Waals surface area contributed by atoms with E-state index in [-0.39, 0.29) is 32.9 Å². The molecule has 6 nitrogen and oxygen atoms in total. The van der Waals surface area contributed by atoms with Crippen LogP contribution in [-0.2, 0) is 37.7 Å². The second-order valence-corrected chi connectivity index (χ2v) is 3.60. The van der Waals surface area contributed by atoms with Crippen molar-refractivity contribution in [3.63, 3.8) is 0 Å². The summed E-state index contributed by atoms with van der Waals surface area (Å²) in [5.41, 5.74) is 6.58. The molecule has 19 heavy (non-hydrogen) atoms. The maximum Gasteiger partial charge on any atom is 2.00 e. The molecule has 2 N–H and O–H groups in total. The Hall–Kier alpha value is -1.13. The number of Topliss-reactive ketones (excluding diaryl/α,β-unsaturated/α-hetero) is 1. The van der Waals surface area contributed by atoms with Crippen LogP contribution < -0.4 is 0 Å². The minimum atomic E-state index is -0.833. The van der Waals surface area contributed by atoms with Crippen molar-refractivity contribution in [2.24, 2.45) is 7.05 Å². The summed E-state index contributed by atoms with van der Waals surface area (Å²) in [4.78, 5) is 22.1. The number of carboxylic acid groups (broad SMARTS) is 1. The Balaban J connectivity index is -0.0000000796. The van der Waals surface area contributed by atoms with Crippen LogP contribution in [0, 0.1) is 6.92 Å². The third-order valence-electron chi connectivity index (χ3n) is 0.637. The number of carboxylic acids is 1. The molecule has 114 valence electrons. The van der Waals surface area contributed by atoms with Crippen molar-refractivity contribution < 1.29 is 35.8 Å². The Morgan fingerprint density at radius 1 is 1.37 bits per heavy atom. The summed E-state index contributed by atoms with van der Waals surface area (Å²) in [5, 5.41) is 7.42. The minimum absolute atomic E-state index is 0. The normalized spacial score (nSPS) is 7.32. The summed E-state index contributed by atoms with van der Waals surface area (Å²) < 4.78 is 1.89. The molecule has 0 aliphatic heterocycles. The van der Waals surface area contributed by atoms with Gasteiger partial charge < -0.3 is 27.1 Å². The molecule has 1 aromatic heterocycles. The van der Waals surface area contributed by atoms with Crippen LogP contribution in [0.4, 0.5) is 0 Å². The van der Waals surface area contributed by atoms with E-state index in [0.29, 0.717) is 0 Å². The van der Waals surface area contributed by atoms with Gasteiger partial charge in [0, 0.05) is 26.4 Å². The smallest absolute Gasteiger partial charge is 0.675 e. The average molecular weight is 452 g/mol. The Morgan fingerprint density at radius 2 is 1.63 bits per heavy atom. The number of nitrogens with one attached hydrogen (secondary N) is 1. The summed E-state index contributed by atoms with van der Waals surface area (Å²) in [6.07, 6.45) is 5.39. The predicted octanol–water partition coefficient (Wildman–Crippen LogP) is 2.36. The zero-order valence-electron chi connectivity index (χ0n) is 12.0. The molecule has 0 amide bonds. The summed E-state index contributed by atoms with van der Waals surface area (Å²) in [6, 6.07) is 0.0833. The van der Waals surface area contributed by atoms with Gasteiger partial charge in [0.05, 0.1) is 6.33 Å². The molecular weight excluding hydrogens is 429 g/mol. The van der Waals surface area contributed by atoms with Crippen molar-refractivity contribution in [2.75, 3.05) is 0 Å². The largest absolute Gasteiger partial charge is 2.00 e. The second-order valence-electron chi connectivity index (χ2n) is 3.60. The maximum atomic E-state index is 9.33. The third kappa shape index (κ3) is 108. The van der Waals surface area contributed by atoms with Crippen LogP contribution in [0.25, 0.3) is 5.73 Å². The van der Waals surface area contributed by atoms with E-state index in [2.05, 4.69) is 11.9 Å². The summed E-state index contributed by atoms with van der Waals surface area (Å²) >= 11 is 0. The number of aryl methyl sites for hydroxylation is 1. The van der Waals surface area contributed by atoms with Crippen molar-refractivity contribution in [3.05, 3.63) is 31.4 Å². The minimum Gasteiger partial charge on any atom is -0.675 e. The van der Waals surface area contributed by atoms with Crippen molar-refractivity contribution in [2.45, 2.75) is 33.7 Å². The number of hydrogen-bond donors (Lipinski definition) is 1. The number of nitrogens with zero attached hydrogens (tertiary/aromatic N) is 2. The van der Waals surface area contributed by atoms with Crippen LogP contribution in [0.15, 0.2) is 18.7 Å². The average Bonchev–Trinajstić information content (AvgIpc) is 2.51. The van der Waals surface area contributed by atoms with Gasteiger partial charge in [-0.25, -0.2) is 4.98 Å². The first-order valence-corrected chi connectivity index (χ1v) is 5.24. The predicted molar refractivity (Wildman–Crippen MR) is 72.0 cm³/mol. The molecule has 0 aliphatic rings. The molecule has 0 saturated heterocycles. The molecule has 1 heterocycles. The van der Waals surface area contributed by atoms with Crippen molar-refractivity contribution in [3.8, 4) is 0 Å². The first-order valence-electron chi connectivity index (χ1n) is 5.24. The first kappa shape index (κ1) is 26.4. The summed E-state index contributed by atoms with van der Waals surface area (Å²) in [5.74, 6) is -0.917. The van der Waals surface area contributed by atoms with E-state index in [9.17, 15) is 4.79 Å². The summed E-state index contributed by atoms with van der Waals surface area (Å²) in [7, 11) is 1.94. The van der Waals surface area contributed by atoms with E-state index in [1.165, 1.54) is 6.92 Å². The molecule has 1 rings (SSSR count). The molecule has 7 heteroatoms. The van der Waals surface area contributed by atoms with Crippen molar-refractivity contribution >= 4 is 11.8 Å². The zero-order valence-corrected chi connectivity index (χ0v) is 14.3. The van der Waals surface area contributed by atoms with Crippen molar-refractivity contribution in [1.29, 1.82) is 0 Å². The molecule has 0 fully saturated rings. The first-order chi connectivity index (χ1) is 8.09. The Kier molecular flexibility index (Phi) is 26.7. The van der Waals surface area contributed by atoms with E-state index >= 15 is 0 Å². The zero-order chi connectivity index (χ0) is 15.1. The van der Waals surface area contributed by atoms with Gasteiger partial charge in [-0.1, -0.05) is 13.8 Å². The van der Waals surface area contributed by atoms with Crippen LogP contribution in [0.1, 0.15) is 27.7 Å². The molecule has 0 radical (unpaired) electrons. The fourth-order valence-corrected chi connectivity index (χ4v) is 0.326. The second kappa shape index (κ2) is 19.2. The standard InChI is InChI=1S/C4H6N2.C3H8N.C3H5O.C2H4O2.Pt/c1-6-3-2-5-4-6;2*1-3(2)4;1-2(3)4;/h2-4H,1H3;3-4H,1-2H3;1H2,2H3;1H3,(H,3,4);/q;2*-1;;+2. The van der Waals surface area contributed by atoms with Gasteiger partial charge in [-0.2, -0.15) is 0 Å². The van der Waals surface area contributed by atoms with Gasteiger partial charge in [-0.05, 0) is 12.7 Å². The molecular formula is C12H23N3O3Pt. The number of ketones is 1. The molecule has 0 spiro atoms. The fraction of sp³-hybridized carbons (Fsp3) is 0.500. The topological polar surface area (TPSA) is 96.0 Å². The Labute approximate surface area is 129 Å². The van der Waals surface area contributed by atoms with Crippen LogP contribution in [0.5, 0.6) is 0 Å². The number of rotatable bonds is 0. The molecule has 0 aliphatic carbocycles. The van der Waals surface area contributed by atoms with Crippen LogP contribution in [0.2, 0.25) is 0 Å². The van der Waals surface area contributed by atoms with Gasteiger partial charge in [0.2, 0.25) is 0 Å². The molecule has 0 saturated carbocycles. The molecule has 0 unspecified atom stereocenters. The monoisotopic (exact) mass is 452 g/mol. The number of aliphatic carboxylic acids is 1. The number of carbonyl (C=O) groups excluding carboxylic acids is 1. The van der Waals surface area contributed by atoms with E-state index in [1.54, 1.807) is 12.5 Å². The van der Waals surface area contributed by atoms with E-state index in [4.69, 9.17) is 15.6 Å². The SMILES string of the molecule is CC(=O)O.CC(C)[NH-].Cn1ccnc1.[CH2-]C(C)=O.[Pt+2]. The molecule has 1 aromatic rings. The van der Waals surface area contributed by atoms with Crippen LogP contribution >= 0.6 is 0 Å². The fourth-order valence-electron chi connectivity index (χ4n) is 0.326. The van der Waals surface area contributed by atoms with E-state index in [1.807, 2.05) is 31.7 Å². The van der Waals surface area contributed by atoms with Crippen LogP contribution in [-0.4, -0.2) is 32.5 Å². The van der Waals surface area contributed by atoms with Crippen molar-refractivity contribution in [1.82, 2.24) is 9.55 Å². The molecule has 0 aromatic carbocycles. The van der Waals surface area contributed by atoms with E-state index in [0.717, 1.165) is 6.92 Å². The number of carbonyl (C=O) groups is 2.